The van der Waals surface area contributed by atoms with Crippen LogP contribution in [0.1, 0.15) is 27.7 Å². The number of carbonyl (C=O) groups is 3. The predicted octanol–water partition coefficient (Wildman–Crippen LogP) is 5.51. The Hall–Kier alpha value is -0.0500. The fourth-order valence-corrected chi connectivity index (χ4v) is 5.64. The highest BCUT2D eigenvalue weighted by Gasteiger charge is 2.71. The topological polar surface area (TPSA) is 88.1 Å². The third kappa shape index (κ3) is 5.44. The van der Waals surface area contributed by atoms with Crippen LogP contribution >= 0.6 is 69.6 Å². The Bertz CT molecular complexity index is 711. The fraction of sp³-hybridized carbons (Fsp3) is 0.842. The molecule has 0 spiro atoms. The number of alkyl halides is 6. The van der Waals surface area contributed by atoms with Crippen LogP contribution in [0, 0.1) is 34.5 Å². The summed E-state index contributed by atoms with van der Waals surface area (Å²) in [5, 5.41) is 0. The molecule has 2 aliphatic rings. The van der Waals surface area contributed by atoms with E-state index >= 15 is 0 Å². The van der Waals surface area contributed by atoms with E-state index in [0.717, 1.165) is 0 Å². The van der Waals surface area contributed by atoms with Crippen molar-refractivity contribution in [3.63, 3.8) is 0 Å². The number of halogens is 6. The van der Waals surface area contributed by atoms with Crippen LogP contribution in [0.25, 0.3) is 0 Å². The third-order valence-corrected chi connectivity index (χ3v) is 7.77. The molecule has 0 N–H and O–H groups in total. The maximum atomic E-state index is 12.7. The zero-order valence-corrected chi connectivity index (χ0v) is 22.6. The van der Waals surface area contributed by atoms with Gasteiger partial charge in [-0.1, -0.05) is 97.3 Å². The molecule has 0 amide bonds. The molecule has 13 heteroatoms. The van der Waals surface area contributed by atoms with Gasteiger partial charge in [0, 0.05) is 11.8 Å². The van der Waals surface area contributed by atoms with Crippen molar-refractivity contribution in [2.45, 2.75) is 47.5 Å². The van der Waals surface area contributed by atoms with Gasteiger partial charge in [-0.2, -0.15) is 0 Å². The molecule has 0 aliphatic heterocycles. The zero-order valence-electron chi connectivity index (χ0n) is 18.1. The smallest absolute Gasteiger partial charge is 0.469 e. The number of ether oxygens (including phenoxy) is 4. The summed E-state index contributed by atoms with van der Waals surface area (Å²) in [5.41, 5.74) is -1.35. The average Bonchev–Trinajstić information content (AvgIpc) is 3.41. The lowest BCUT2D eigenvalue weighted by Crippen LogP contribution is -2.40. The second kappa shape index (κ2) is 9.19. The molecule has 2 saturated carbocycles. The SMILES string of the molecule is COC(=O)C1C(C(OC(=O)OC(C2C(C(=O)OC)C2(C)C)C(Cl)(Cl)Cl)C(Cl)(Cl)Cl)C1(C)C. The van der Waals surface area contributed by atoms with Gasteiger partial charge in [-0.15, -0.1) is 0 Å². The van der Waals surface area contributed by atoms with Crippen LogP contribution in [0.4, 0.5) is 4.79 Å². The van der Waals surface area contributed by atoms with Crippen LogP contribution in [0.15, 0.2) is 0 Å². The van der Waals surface area contributed by atoms with Crippen molar-refractivity contribution in [1.82, 2.24) is 0 Å². The maximum Gasteiger partial charge on any atom is 0.509 e. The van der Waals surface area contributed by atoms with Crippen molar-refractivity contribution in [3.8, 4) is 0 Å². The number of methoxy groups -OCH3 is 2. The van der Waals surface area contributed by atoms with Gasteiger partial charge in [-0.25, -0.2) is 4.79 Å². The average molecular weight is 577 g/mol. The first kappa shape index (κ1) is 28.2. The van der Waals surface area contributed by atoms with Gasteiger partial charge in [0.1, 0.15) is 0 Å². The molecule has 6 unspecified atom stereocenters. The van der Waals surface area contributed by atoms with E-state index in [9.17, 15) is 14.4 Å². The molecular weight excluding hydrogens is 553 g/mol. The van der Waals surface area contributed by atoms with Crippen LogP contribution < -0.4 is 0 Å². The number of esters is 2. The predicted molar refractivity (Wildman–Crippen MR) is 121 cm³/mol. The van der Waals surface area contributed by atoms with E-state index in [-0.39, 0.29) is 0 Å². The second-order valence-electron chi connectivity index (χ2n) is 9.11. The first-order chi connectivity index (χ1) is 14.3. The van der Waals surface area contributed by atoms with E-state index < -0.39 is 72.4 Å². The lowest BCUT2D eigenvalue weighted by molar-refractivity contribution is -0.144. The molecule has 2 aliphatic carbocycles. The zero-order chi connectivity index (χ0) is 25.0. The summed E-state index contributed by atoms with van der Waals surface area (Å²) in [7, 11) is 2.46. The summed E-state index contributed by atoms with van der Waals surface area (Å²) in [4.78, 5) is 36.9. The van der Waals surface area contributed by atoms with Crippen molar-refractivity contribution >= 4 is 87.7 Å². The minimum atomic E-state index is -2.09. The molecular formula is C19H24Cl6O7. The van der Waals surface area contributed by atoms with E-state index in [1.54, 1.807) is 27.7 Å². The summed E-state index contributed by atoms with van der Waals surface area (Å²) in [6, 6.07) is 0. The molecule has 184 valence electrons. The minimum absolute atomic E-state index is 0.531. The van der Waals surface area contributed by atoms with Gasteiger partial charge in [-0.05, 0) is 10.8 Å². The number of carbonyl (C=O) groups excluding carboxylic acids is 3. The highest BCUT2D eigenvalue weighted by molar-refractivity contribution is 6.68. The van der Waals surface area contributed by atoms with Crippen molar-refractivity contribution in [1.29, 1.82) is 0 Å². The fourth-order valence-electron chi connectivity index (χ4n) is 4.56. The number of hydrogen-bond donors (Lipinski definition) is 0. The lowest BCUT2D eigenvalue weighted by atomic mass is 10.1. The molecule has 0 saturated heterocycles. The number of hydrogen-bond acceptors (Lipinski definition) is 7. The Morgan fingerprint density at radius 2 is 0.969 bits per heavy atom. The van der Waals surface area contributed by atoms with Crippen LogP contribution in [0.5, 0.6) is 0 Å². The first-order valence-electron chi connectivity index (χ1n) is 9.49. The Morgan fingerprint density at radius 1 is 0.688 bits per heavy atom. The summed E-state index contributed by atoms with van der Waals surface area (Å²) >= 11 is 36.3. The Kier molecular flexibility index (Phi) is 8.10. The van der Waals surface area contributed by atoms with Crippen LogP contribution in [-0.4, -0.2) is 52.1 Å². The number of rotatable bonds is 6. The highest BCUT2D eigenvalue weighted by Crippen LogP contribution is 2.65. The highest BCUT2D eigenvalue weighted by atomic mass is 35.6. The van der Waals surface area contributed by atoms with Crippen molar-refractivity contribution in [3.05, 3.63) is 0 Å². The standard InChI is InChI=1S/C19H24Cl6O7/c1-16(2)7(9(16)13(26)29-5)11(18(20,21)22)31-15(28)32-12(19(23,24)25)8-10(14(27)30-6)17(8,3)4/h7-12H,1-6H3. The van der Waals surface area contributed by atoms with Gasteiger partial charge in [-0.3, -0.25) is 9.59 Å². The van der Waals surface area contributed by atoms with Gasteiger partial charge in [0.15, 0.2) is 12.2 Å². The largest absolute Gasteiger partial charge is 0.509 e. The summed E-state index contributed by atoms with van der Waals surface area (Å²) in [6.07, 6.45) is -4.01. The van der Waals surface area contributed by atoms with Gasteiger partial charge in [0.25, 0.3) is 0 Å². The first-order valence-corrected chi connectivity index (χ1v) is 11.8. The van der Waals surface area contributed by atoms with E-state index in [2.05, 4.69) is 0 Å². The minimum Gasteiger partial charge on any atom is -0.469 e. The molecule has 0 bridgehead atoms. The van der Waals surface area contributed by atoms with E-state index in [4.69, 9.17) is 88.6 Å². The van der Waals surface area contributed by atoms with Crippen LogP contribution in [0.2, 0.25) is 0 Å². The quantitative estimate of drug-likeness (QED) is 0.234. The molecule has 7 nitrogen and oxygen atoms in total. The van der Waals surface area contributed by atoms with Crippen molar-refractivity contribution in [2.75, 3.05) is 14.2 Å². The van der Waals surface area contributed by atoms with Gasteiger partial charge in [0.05, 0.1) is 26.1 Å². The van der Waals surface area contributed by atoms with Crippen LogP contribution in [-0.2, 0) is 28.5 Å². The molecule has 0 aromatic heterocycles. The Labute approximate surface area is 216 Å². The summed E-state index contributed by atoms with van der Waals surface area (Å²) < 4.78 is 16.1. The summed E-state index contributed by atoms with van der Waals surface area (Å²) in [5.74, 6) is -3.73. The van der Waals surface area contributed by atoms with Gasteiger partial charge in [0.2, 0.25) is 7.59 Å². The van der Waals surface area contributed by atoms with Crippen molar-refractivity contribution < 1.29 is 33.3 Å². The molecule has 0 aromatic rings. The molecule has 0 heterocycles. The van der Waals surface area contributed by atoms with E-state index in [0.29, 0.717) is 0 Å². The summed E-state index contributed by atoms with van der Waals surface area (Å²) in [6.45, 7) is 6.98. The normalized spacial score (nSPS) is 29.9. The Morgan fingerprint density at radius 3 is 1.19 bits per heavy atom. The van der Waals surface area contributed by atoms with E-state index in [1.165, 1.54) is 14.2 Å². The van der Waals surface area contributed by atoms with Gasteiger partial charge >= 0.3 is 18.1 Å². The van der Waals surface area contributed by atoms with E-state index in [1.807, 2.05) is 0 Å². The Balaban J connectivity index is 2.23. The second-order valence-corrected chi connectivity index (χ2v) is 13.8. The molecule has 0 radical (unpaired) electrons. The van der Waals surface area contributed by atoms with Crippen LogP contribution in [0.3, 0.4) is 0 Å². The molecule has 32 heavy (non-hydrogen) atoms. The van der Waals surface area contributed by atoms with Crippen molar-refractivity contribution in [2.24, 2.45) is 34.5 Å². The third-order valence-electron chi connectivity index (χ3n) is 6.48. The molecule has 6 atom stereocenters. The van der Waals surface area contributed by atoms with Gasteiger partial charge < -0.3 is 18.9 Å². The lowest BCUT2D eigenvalue weighted by Gasteiger charge is -2.29. The molecule has 2 fully saturated rings. The maximum absolute atomic E-state index is 12.7. The molecule has 2 rings (SSSR count). The molecule has 0 aromatic carbocycles. The monoisotopic (exact) mass is 574 g/mol.